The van der Waals surface area contributed by atoms with Crippen molar-refractivity contribution in [2.75, 3.05) is 46.5 Å². The molecule has 2 aliphatic rings. The van der Waals surface area contributed by atoms with E-state index < -0.39 is 5.60 Å². The molecule has 0 aliphatic carbocycles. The number of piperidine rings is 1. The third kappa shape index (κ3) is 3.95. The smallest absolute Gasteiger partial charge is 0.257 e. The predicted octanol–water partition coefficient (Wildman–Crippen LogP) is 2.44. The topological polar surface area (TPSA) is 62.2 Å². The lowest BCUT2D eigenvalue weighted by molar-refractivity contribution is -0.112. The van der Waals surface area contributed by atoms with Crippen molar-refractivity contribution in [1.82, 2.24) is 9.80 Å². The minimum absolute atomic E-state index is 0.0554. The van der Waals surface area contributed by atoms with E-state index in [1.807, 2.05) is 60.4 Å². The van der Waals surface area contributed by atoms with Crippen molar-refractivity contribution in [3.05, 3.63) is 65.2 Å². The fraction of sp³-hybridized carbons (Fsp3) is 0.458. The molecule has 2 fully saturated rings. The largest absolute Gasteiger partial charge is 0.496 e. The van der Waals surface area contributed by atoms with Crippen molar-refractivity contribution in [3.8, 4) is 5.75 Å². The molecule has 0 bridgehead atoms. The van der Waals surface area contributed by atoms with Gasteiger partial charge in [0, 0.05) is 26.2 Å². The minimum atomic E-state index is -1.01. The third-order valence-corrected chi connectivity index (χ3v) is 6.34. The summed E-state index contributed by atoms with van der Waals surface area (Å²) < 4.78 is 11.0. The van der Waals surface area contributed by atoms with Crippen molar-refractivity contribution in [2.45, 2.75) is 25.0 Å². The first-order valence-corrected chi connectivity index (χ1v) is 10.6. The summed E-state index contributed by atoms with van der Waals surface area (Å²) in [5.74, 6) is 0.534. The van der Waals surface area contributed by atoms with Gasteiger partial charge in [0.2, 0.25) is 0 Å². The van der Waals surface area contributed by atoms with Gasteiger partial charge in [0.05, 0.1) is 31.9 Å². The van der Waals surface area contributed by atoms with Crippen molar-refractivity contribution >= 4 is 5.91 Å². The van der Waals surface area contributed by atoms with Gasteiger partial charge in [0.1, 0.15) is 11.4 Å². The standard InChI is InChI=1S/C24H30N2O4/c1-18-8-9-20(21(16-18)29-2)23(27)26-11-10-24(28,19-6-4-3-5-7-19)22(17-26)25-12-14-30-15-13-25/h3-9,16,22,28H,10-15,17H2,1-2H3/t22-,24+/m1/s1. The number of hydrogen-bond acceptors (Lipinski definition) is 5. The highest BCUT2D eigenvalue weighted by molar-refractivity contribution is 5.97. The average Bonchev–Trinajstić information content (AvgIpc) is 2.80. The van der Waals surface area contributed by atoms with Gasteiger partial charge >= 0.3 is 0 Å². The fourth-order valence-corrected chi connectivity index (χ4v) is 4.62. The van der Waals surface area contributed by atoms with E-state index in [2.05, 4.69) is 4.90 Å². The number of methoxy groups -OCH3 is 1. The van der Waals surface area contributed by atoms with E-state index in [9.17, 15) is 9.90 Å². The van der Waals surface area contributed by atoms with Crippen LogP contribution < -0.4 is 4.74 Å². The number of nitrogens with zero attached hydrogens (tertiary/aromatic N) is 2. The molecule has 0 unspecified atom stereocenters. The van der Waals surface area contributed by atoms with Crippen LogP contribution in [0.25, 0.3) is 0 Å². The first-order chi connectivity index (χ1) is 14.5. The second kappa shape index (κ2) is 8.76. The van der Waals surface area contributed by atoms with Crippen molar-refractivity contribution in [1.29, 1.82) is 0 Å². The lowest BCUT2D eigenvalue weighted by Gasteiger charge is -2.50. The van der Waals surface area contributed by atoms with Crippen molar-refractivity contribution < 1.29 is 19.4 Å². The molecule has 6 nitrogen and oxygen atoms in total. The van der Waals surface area contributed by atoms with E-state index in [4.69, 9.17) is 9.47 Å². The molecule has 2 heterocycles. The van der Waals surface area contributed by atoms with Gasteiger partial charge in [-0.3, -0.25) is 9.69 Å². The number of likely N-dealkylation sites (tertiary alicyclic amines) is 1. The van der Waals surface area contributed by atoms with Crippen molar-refractivity contribution in [3.63, 3.8) is 0 Å². The molecule has 0 spiro atoms. The van der Waals surface area contributed by atoms with E-state index in [1.165, 1.54) is 0 Å². The molecule has 2 aromatic rings. The molecule has 1 N–H and O–H groups in total. The van der Waals surface area contributed by atoms with Crippen LogP contribution in [0.2, 0.25) is 0 Å². The summed E-state index contributed by atoms with van der Waals surface area (Å²) in [5, 5.41) is 11.8. The number of carbonyl (C=O) groups excluding carboxylic acids is 1. The zero-order valence-electron chi connectivity index (χ0n) is 17.7. The van der Waals surface area contributed by atoms with Crippen LogP contribution in [0.5, 0.6) is 5.75 Å². The van der Waals surface area contributed by atoms with Gasteiger partial charge in [-0.1, -0.05) is 36.4 Å². The number of benzene rings is 2. The number of hydrogen-bond donors (Lipinski definition) is 1. The molecule has 160 valence electrons. The second-order valence-electron chi connectivity index (χ2n) is 8.16. The number of ether oxygens (including phenoxy) is 2. The lowest BCUT2D eigenvalue weighted by Crippen LogP contribution is -2.63. The molecule has 0 radical (unpaired) electrons. The second-order valence-corrected chi connectivity index (χ2v) is 8.16. The van der Waals surface area contributed by atoms with Crippen LogP contribution in [0.4, 0.5) is 0 Å². The Morgan fingerprint density at radius 1 is 1.13 bits per heavy atom. The summed E-state index contributed by atoms with van der Waals surface area (Å²) in [7, 11) is 1.59. The zero-order chi connectivity index (χ0) is 21.1. The summed E-state index contributed by atoms with van der Waals surface area (Å²) in [4.78, 5) is 17.5. The van der Waals surface area contributed by atoms with Gasteiger partial charge in [-0.05, 0) is 36.6 Å². The van der Waals surface area contributed by atoms with Crippen LogP contribution >= 0.6 is 0 Å². The molecule has 4 rings (SSSR count). The maximum Gasteiger partial charge on any atom is 0.257 e. The summed E-state index contributed by atoms with van der Waals surface area (Å²) in [6, 6.07) is 15.3. The Balaban J connectivity index is 1.64. The SMILES string of the molecule is COc1cc(C)ccc1C(=O)N1CC[C@](O)(c2ccccc2)[C@H](N2CCOCC2)C1. The lowest BCUT2D eigenvalue weighted by atomic mass is 9.79. The first kappa shape index (κ1) is 20.8. The first-order valence-electron chi connectivity index (χ1n) is 10.6. The minimum Gasteiger partial charge on any atom is -0.496 e. The van der Waals surface area contributed by atoms with Crippen molar-refractivity contribution in [2.24, 2.45) is 0 Å². The highest BCUT2D eigenvalue weighted by Gasteiger charge is 2.47. The molecule has 0 aromatic heterocycles. The maximum absolute atomic E-state index is 13.4. The van der Waals surface area contributed by atoms with Crippen LogP contribution in [-0.2, 0) is 10.3 Å². The number of morpholine rings is 1. The monoisotopic (exact) mass is 410 g/mol. The Morgan fingerprint density at radius 2 is 1.87 bits per heavy atom. The van der Waals surface area contributed by atoms with E-state index in [0.717, 1.165) is 24.2 Å². The normalized spacial score (nSPS) is 25.2. The van der Waals surface area contributed by atoms with E-state index in [-0.39, 0.29) is 11.9 Å². The number of carbonyl (C=O) groups is 1. The Bertz CT molecular complexity index is 882. The predicted molar refractivity (Wildman–Crippen MR) is 115 cm³/mol. The van der Waals surface area contributed by atoms with Crippen LogP contribution in [-0.4, -0.2) is 73.4 Å². The molecular formula is C24H30N2O4. The molecule has 30 heavy (non-hydrogen) atoms. The molecule has 2 atom stereocenters. The molecule has 6 heteroatoms. The van der Waals surface area contributed by atoms with Gasteiger partial charge in [0.15, 0.2) is 0 Å². The number of aliphatic hydroxyl groups is 1. The van der Waals surface area contributed by atoms with Crippen LogP contribution in [0.3, 0.4) is 0 Å². The fourth-order valence-electron chi connectivity index (χ4n) is 4.62. The van der Waals surface area contributed by atoms with E-state index >= 15 is 0 Å². The highest BCUT2D eigenvalue weighted by atomic mass is 16.5. The maximum atomic E-state index is 13.4. The van der Waals surface area contributed by atoms with Gasteiger partial charge in [-0.15, -0.1) is 0 Å². The quantitative estimate of drug-likeness (QED) is 0.839. The summed E-state index contributed by atoms with van der Waals surface area (Å²) in [6.45, 7) is 5.70. The van der Waals surface area contributed by atoms with Crippen LogP contribution in [0, 0.1) is 6.92 Å². The molecule has 2 aliphatic heterocycles. The summed E-state index contributed by atoms with van der Waals surface area (Å²) >= 11 is 0. The van der Waals surface area contributed by atoms with Gasteiger partial charge < -0.3 is 19.5 Å². The third-order valence-electron chi connectivity index (χ3n) is 6.34. The Hall–Kier alpha value is -2.41. The average molecular weight is 411 g/mol. The molecule has 0 saturated carbocycles. The Morgan fingerprint density at radius 3 is 2.57 bits per heavy atom. The van der Waals surface area contributed by atoms with Crippen LogP contribution in [0.1, 0.15) is 27.9 Å². The summed E-state index contributed by atoms with van der Waals surface area (Å²) in [5.41, 5.74) is 1.51. The van der Waals surface area contributed by atoms with Gasteiger partial charge in [-0.2, -0.15) is 0 Å². The van der Waals surface area contributed by atoms with Gasteiger partial charge in [-0.25, -0.2) is 0 Å². The molecule has 2 saturated heterocycles. The Labute approximate surface area is 178 Å². The Kier molecular flexibility index (Phi) is 6.09. The van der Waals surface area contributed by atoms with E-state index in [1.54, 1.807) is 7.11 Å². The molecule has 1 amide bonds. The number of rotatable bonds is 4. The zero-order valence-corrected chi connectivity index (χ0v) is 17.7. The van der Waals surface area contributed by atoms with Gasteiger partial charge in [0.25, 0.3) is 5.91 Å². The summed E-state index contributed by atoms with van der Waals surface area (Å²) in [6.07, 6.45) is 0.485. The van der Waals surface area contributed by atoms with E-state index in [0.29, 0.717) is 44.0 Å². The molecule has 2 aromatic carbocycles. The highest BCUT2D eigenvalue weighted by Crippen LogP contribution is 2.37. The molecular weight excluding hydrogens is 380 g/mol. The van der Waals surface area contributed by atoms with Crippen LogP contribution in [0.15, 0.2) is 48.5 Å². The number of amides is 1. The number of aryl methyl sites for hydroxylation is 1.